The lowest BCUT2D eigenvalue weighted by Crippen LogP contribution is -2.35. The standard InChI is InChI=1S/C13H27N/c1-5-14(11-13(2,3)4)10-12-8-6-7-9-12/h12H,5-11H2,1-4H3. The van der Waals surface area contributed by atoms with Gasteiger partial charge in [0.25, 0.3) is 0 Å². The predicted molar refractivity (Wildman–Crippen MR) is 63.5 cm³/mol. The molecule has 84 valence electrons. The fourth-order valence-electron chi connectivity index (χ4n) is 2.53. The third-order valence-corrected chi connectivity index (χ3v) is 3.14. The Hall–Kier alpha value is -0.0400. The molecule has 0 unspecified atom stereocenters. The van der Waals surface area contributed by atoms with Crippen LogP contribution in [0.1, 0.15) is 53.4 Å². The van der Waals surface area contributed by atoms with Gasteiger partial charge < -0.3 is 4.90 Å². The van der Waals surface area contributed by atoms with E-state index in [1.165, 1.54) is 45.3 Å². The minimum atomic E-state index is 0.453. The largest absolute Gasteiger partial charge is 0.303 e. The Bertz CT molecular complexity index is 151. The lowest BCUT2D eigenvalue weighted by atomic mass is 9.95. The molecule has 0 bridgehead atoms. The van der Waals surface area contributed by atoms with Crippen molar-refractivity contribution in [3.8, 4) is 0 Å². The van der Waals surface area contributed by atoms with Crippen molar-refractivity contribution in [1.82, 2.24) is 4.90 Å². The van der Waals surface area contributed by atoms with Crippen LogP contribution in [0.15, 0.2) is 0 Å². The van der Waals surface area contributed by atoms with Crippen LogP contribution in [0.4, 0.5) is 0 Å². The van der Waals surface area contributed by atoms with E-state index in [0.29, 0.717) is 5.41 Å². The van der Waals surface area contributed by atoms with Gasteiger partial charge in [0.15, 0.2) is 0 Å². The molecule has 0 heterocycles. The second kappa shape index (κ2) is 5.16. The molecule has 1 aliphatic carbocycles. The van der Waals surface area contributed by atoms with E-state index in [9.17, 15) is 0 Å². The third-order valence-electron chi connectivity index (χ3n) is 3.14. The summed E-state index contributed by atoms with van der Waals surface area (Å²) in [6.07, 6.45) is 5.89. The first-order valence-corrected chi connectivity index (χ1v) is 6.23. The molecule has 1 rings (SSSR count). The summed E-state index contributed by atoms with van der Waals surface area (Å²) in [5.41, 5.74) is 0.453. The van der Waals surface area contributed by atoms with Crippen molar-refractivity contribution in [3.05, 3.63) is 0 Å². The summed E-state index contributed by atoms with van der Waals surface area (Å²) in [6.45, 7) is 13.1. The van der Waals surface area contributed by atoms with Crippen molar-refractivity contribution in [2.75, 3.05) is 19.6 Å². The number of nitrogens with zero attached hydrogens (tertiary/aromatic N) is 1. The highest BCUT2D eigenvalue weighted by Crippen LogP contribution is 2.26. The normalized spacial score (nSPS) is 19.5. The van der Waals surface area contributed by atoms with Gasteiger partial charge in [0.1, 0.15) is 0 Å². The smallest absolute Gasteiger partial charge is 0.00300 e. The summed E-state index contributed by atoms with van der Waals surface area (Å²) in [5, 5.41) is 0. The van der Waals surface area contributed by atoms with Gasteiger partial charge in [0, 0.05) is 13.1 Å². The lowest BCUT2D eigenvalue weighted by Gasteiger charge is -2.30. The highest BCUT2D eigenvalue weighted by molar-refractivity contribution is 4.74. The van der Waals surface area contributed by atoms with Gasteiger partial charge in [-0.15, -0.1) is 0 Å². The highest BCUT2D eigenvalue weighted by atomic mass is 15.1. The van der Waals surface area contributed by atoms with Gasteiger partial charge in [-0.2, -0.15) is 0 Å². The van der Waals surface area contributed by atoms with E-state index in [1.807, 2.05) is 0 Å². The fourth-order valence-corrected chi connectivity index (χ4v) is 2.53. The van der Waals surface area contributed by atoms with E-state index in [2.05, 4.69) is 32.6 Å². The minimum absolute atomic E-state index is 0.453. The average molecular weight is 197 g/mol. The topological polar surface area (TPSA) is 3.24 Å². The van der Waals surface area contributed by atoms with Crippen molar-refractivity contribution in [2.45, 2.75) is 53.4 Å². The second-order valence-electron chi connectivity index (χ2n) is 6.04. The molecule has 0 spiro atoms. The van der Waals surface area contributed by atoms with Crippen LogP contribution in [-0.2, 0) is 0 Å². The highest BCUT2D eigenvalue weighted by Gasteiger charge is 2.21. The Kier molecular flexibility index (Phi) is 4.43. The van der Waals surface area contributed by atoms with Crippen LogP contribution in [0.25, 0.3) is 0 Å². The first-order valence-electron chi connectivity index (χ1n) is 6.23. The molecule has 0 aromatic carbocycles. The van der Waals surface area contributed by atoms with Gasteiger partial charge in [0.2, 0.25) is 0 Å². The van der Waals surface area contributed by atoms with Crippen LogP contribution in [0.2, 0.25) is 0 Å². The maximum absolute atomic E-state index is 2.63. The van der Waals surface area contributed by atoms with E-state index in [1.54, 1.807) is 0 Å². The van der Waals surface area contributed by atoms with Crippen LogP contribution < -0.4 is 0 Å². The Labute approximate surface area is 89.9 Å². The molecule has 0 amide bonds. The van der Waals surface area contributed by atoms with Crippen molar-refractivity contribution in [2.24, 2.45) is 11.3 Å². The molecular weight excluding hydrogens is 170 g/mol. The number of hydrogen-bond acceptors (Lipinski definition) is 1. The van der Waals surface area contributed by atoms with E-state index in [0.717, 1.165) is 5.92 Å². The summed E-state index contributed by atoms with van der Waals surface area (Å²) in [7, 11) is 0. The van der Waals surface area contributed by atoms with E-state index in [4.69, 9.17) is 0 Å². The summed E-state index contributed by atoms with van der Waals surface area (Å²) < 4.78 is 0. The summed E-state index contributed by atoms with van der Waals surface area (Å²) in [5.74, 6) is 0.997. The predicted octanol–water partition coefficient (Wildman–Crippen LogP) is 3.54. The van der Waals surface area contributed by atoms with E-state index < -0.39 is 0 Å². The molecule has 1 fully saturated rings. The van der Waals surface area contributed by atoms with Gasteiger partial charge in [0.05, 0.1) is 0 Å². The van der Waals surface area contributed by atoms with Gasteiger partial charge in [-0.05, 0) is 30.7 Å². The van der Waals surface area contributed by atoms with Crippen LogP contribution in [-0.4, -0.2) is 24.5 Å². The maximum Gasteiger partial charge on any atom is 0.00300 e. The van der Waals surface area contributed by atoms with Gasteiger partial charge in [-0.25, -0.2) is 0 Å². The van der Waals surface area contributed by atoms with E-state index >= 15 is 0 Å². The minimum Gasteiger partial charge on any atom is -0.303 e. The molecular formula is C13H27N. The van der Waals surface area contributed by atoms with Crippen LogP contribution in [0, 0.1) is 11.3 Å². The van der Waals surface area contributed by atoms with E-state index in [-0.39, 0.29) is 0 Å². The molecule has 0 aromatic heterocycles. The number of rotatable bonds is 4. The van der Waals surface area contributed by atoms with Crippen molar-refractivity contribution in [1.29, 1.82) is 0 Å². The monoisotopic (exact) mass is 197 g/mol. The van der Waals surface area contributed by atoms with Crippen molar-refractivity contribution in [3.63, 3.8) is 0 Å². The molecule has 0 aliphatic heterocycles. The Morgan fingerprint density at radius 3 is 2.14 bits per heavy atom. The molecule has 1 nitrogen and oxygen atoms in total. The summed E-state index contributed by atoms with van der Waals surface area (Å²) in [4.78, 5) is 2.63. The zero-order chi connectivity index (χ0) is 10.6. The molecule has 0 radical (unpaired) electrons. The molecule has 1 heteroatoms. The second-order valence-corrected chi connectivity index (χ2v) is 6.04. The molecule has 0 N–H and O–H groups in total. The molecule has 14 heavy (non-hydrogen) atoms. The third kappa shape index (κ3) is 4.45. The van der Waals surface area contributed by atoms with Crippen LogP contribution in [0.5, 0.6) is 0 Å². The molecule has 1 saturated carbocycles. The van der Waals surface area contributed by atoms with Crippen molar-refractivity contribution < 1.29 is 0 Å². The van der Waals surface area contributed by atoms with Crippen LogP contribution in [0.3, 0.4) is 0 Å². The molecule has 0 saturated heterocycles. The molecule has 0 aromatic rings. The van der Waals surface area contributed by atoms with Gasteiger partial charge >= 0.3 is 0 Å². The average Bonchev–Trinajstić information content (AvgIpc) is 2.53. The molecule has 0 atom stereocenters. The first kappa shape index (κ1) is 12.0. The fraction of sp³-hybridized carbons (Fsp3) is 1.00. The maximum atomic E-state index is 2.63. The van der Waals surface area contributed by atoms with Gasteiger partial charge in [-0.3, -0.25) is 0 Å². The zero-order valence-corrected chi connectivity index (χ0v) is 10.5. The van der Waals surface area contributed by atoms with Crippen LogP contribution >= 0.6 is 0 Å². The Morgan fingerprint density at radius 2 is 1.71 bits per heavy atom. The molecule has 1 aliphatic rings. The number of hydrogen-bond donors (Lipinski definition) is 0. The lowest BCUT2D eigenvalue weighted by molar-refractivity contribution is 0.174. The van der Waals surface area contributed by atoms with Gasteiger partial charge in [-0.1, -0.05) is 40.5 Å². The summed E-state index contributed by atoms with van der Waals surface area (Å²) in [6, 6.07) is 0. The SMILES string of the molecule is CCN(CC1CCCC1)CC(C)(C)C. The summed E-state index contributed by atoms with van der Waals surface area (Å²) >= 11 is 0. The zero-order valence-electron chi connectivity index (χ0n) is 10.5. The Morgan fingerprint density at radius 1 is 1.14 bits per heavy atom. The quantitative estimate of drug-likeness (QED) is 0.666. The Balaban J connectivity index is 2.30. The first-order chi connectivity index (χ1) is 6.51. The van der Waals surface area contributed by atoms with Crippen molar-refractivity contribution >= 4 is 0 Å².